The Morgan fingerprint density at radius 2 is 2.17 bits per heavy atom. The highest BCUT2D eigenvalue weighted by Crippen LogP contribution is 2.45. The number of halogens is 1. The number of hydrogen-bond acceptors (Lipinski definition) is 7. The van der Waals surface area contributed by atoms with Crippen LogP contribution in [0.5, 0.6) is 5.75 Å². The first kappa shape index (κ1) is 26.5. The molecule has 0 spiro atoms. The Balaban J connectivity index is 1.36. The minimum atomic E-state index is -0.169. The van der Waals surface area contributed by atoms with E-state index in [2.05, 4.69) is 42.4 Å². The van der Waals surface area contributed by atoms with E-state index in [0.29, 0.717) is 38.2 Å². The van der Waals surface area contributed by atoms with Crippen molar-refractivity contribution in [2.24, 2.45) is 18.4 Å². The number of nitrogens with zero attached hydrogens (tertiary/aromatic N) is 4. The maximum atomic E-state index is 12.8. The van der Waals surface area contributed by atoms with Crippen molar-refractivity contribution >= 4 is 45.6 Å². The number of rotatable bonds is 9. The van der Waals surface area contributed by atoms with E-state index < -0.39 is 0 Å². The molecule has 1 aliphatic rings. The number of thiophene rings is 1. The fraction of sp³-hybridized carbons (Fsp3) is 0.462. The quantitative estimate of drug-likeness (QED) is 0.320. The normalized spacial score (nSPS) is 15.3. The van der Waals surface area contributed by atoms with Gasteiger partial charge in [0.15, 0.2) is 11.0 Å². The summed E-state index contributed by atoms with van der Waals surface area (Å²) < 4.78 is 7.55. The lowest BCUT2D eigenvalue weighted by molar-refractivity contribution is -0.113. The molecular formula is C26H30ClN5O2S2. The van der Waals surface area contributed by atoms with Crippen LogP contribution in [0.1, 0.15) is 55.4 Å². The van der Waals surface area contributed by atoms with Crippen LogP contribution < -0.4 is 10.1 Å². The van der Waals surface area contributed by atoms with Crippen LogP contribution in [0.15, 0.2) is 29.4 Å². The van der Waals surface area contributed by atoms with E-state index in [9.17, 15) is 10.1 Å². The molecular weight excluding hydrogens is 514 g/mol. The molecule has 3 aromatic rings. The van der Waals surface area contributed by atoms with Crippen LogP contribution in [-0.4, -0.2) is 26.4 Å². The summed E-state index contributed by atoms with van der Waals surface area (Å²) in [5.74, 6) is 1.78. The number of aromatic nitrogens is 3. The van der Waals surface area contributed by atoms with Gasteiger partial charge in [-0.1, -0.05) is 62.7 Å². The second-order valence-corrected chi connectivity index (χ2v) is 12.1. The predicted molar refractivity (Wildman–Crippen MR) is 145 cm³/mol. The Hall–Kier alpha value is -2.54. The predicted octanol–water partition coefficient (Wildman–Crippen LogP) is 6.25. The first-order valence-electron chi connectivity index (χ1n) is 12.0. The highest BCUT2D eigenvalue weighted by atomic mass is 35.5. The van der Waals surface area contributed by atoms with Crippen LogP contribution in [0.2, 0.25) is 5.02 Å². The Morgan fingerprint density at radius 3 is 2.89 bits per heavy atom. The number of thioether (sulfide) groups is 1. The summed E-state index contributed by atoms with van der Waals surface area (Å²) in [6, 6.07) is 9.58. The van der Waals surface area contributed by atoms with Crippen molar-refractivity contribution in [2.75, 3.05) is 11.1 Å². The molecule has 7 nitrogen and oxygen atoms in total. The van der Waals surface area contributed by atoms with Crippen molar-refractivity contribution < 1.29 is 9.53 Å². The second-order valence-electron chi connectivity index (χ2n) is 9.62. The standard InChI is InChI=1S/C26H30ClN5O2S2/c1-5-26(2,3)16-10-11-17-18(13-28)24(36-21(17)12-16)29-23(33)15-35-25-31-30-22(32(25)4)14-34-20-9-7-6-8-19(20)27/h6-9,16H,5,10-12,14-15H2,1-4H3,(H,29,33). The van der Waals surface area contributed by atoms with Gasteiger partial charge >= 0.3 is 0 Å². The van der Waals surface area contributed by atoms with Gasteiger partial charge in [0.25, 0.3) is 0 Å². The molecule has 1 atom stereocenters. The van der Waals surface area contributed by atoms with Crippen LogP contribution in [0.25, 0.3) is 0 Å². The highest BCUT2D eigenvalue weighted by molar-refractivity contribution is 7.99. The largest absolute Gasteiger partial charge is 0.484 e. The monoisotopic (exact) mass is 543 g/mol. The zero-order chi connectivity index (χ0) is 25.9. The molecule has 1 aromatic carbocycles. The van der Waals surface area contributed by atoms with Crippen LogP contribution in [0.3, 0.4) is 0 Å². The van der Waals surface area contributed by atoms with Gasteiger partial charge in [-0.05, 0) is 48.3 Å². The summed E-state index contributed by atoms with van der Waals surface area (Å²) in [6.07, 6.45) is 4.07. The molecule has 0 saturated carbocycles. The fourth-order valence-electron chi connectivity index (χ4n) is 4.34. The Bertz CT molecular complexity index is 1290. The van der Waals surface area contributed by atoms with Crippen LogP contribution >= 0.6 is 34.7 Å². The number of benzene rings is 1. The number of nitriles is 1. The molecule has 1 N–H and O–H groups in total. The molecule has 2 aromatic heterocycles. The van der Waals surface area contributed by atoms with Crippen molar-refractivity contribution in [1.29, 1.82) is 5.26 Å². The van der Waals surface area contributed by atoms with Gasteiger partial charge in [-0.2, -0.15) is 5.26 Å². The molecule has 10 heteroatoms. The molecule has 0 bridgehead atoms. The molecule has 1 aliphatic carbocycles. The van der Waals surface area contributed by atoms with Crippen molar-refractivity contribution in [3.05, 3.63) is 51.1 Å². The van der Waals surface area contributed by atoms with Gasteiger partial charge in [-0.3, -0.25) is 4.79 Å². The molecule has 2 heterocycles. The van der Waals surface area contributed by atoms with Crippen LogP contribution in [0.4, 0.5) is 5.00 Å². The second kappa shape index (κ2) is 11.2. The number of ether oxygens (including phenoxy) is 1. The summed E-state index contributed by atoms with van der Waals surface area (Å²) in [4.78, 5) is 14.0. The van der Waals surface area contributed by atoms with Crippen LogP contribution in [-0.2, 0) is 31.3 Å². The van der Waals surface area contributed by atoms with Gasteiger partial charge in [0.1, 0.15) is 23.4 Å². The smallest absolute Gasteiger partial charge is 0.235 e. The van der Waals surface area contributed by atoms with E-state index in [-0.39, 0.29) is 23.7 Å². The number of carbonyl (C=O) groups excluding carboxylic acids is 1. The fourth-order valence-corrected chi connectivity index (χ4v) is 6.56. The molecule has 1 amide bonds. The third kappa shape index (κ3) is 5.72. The lowest BCUT2D eigenvalue weighted by Crippen LogP contribution is -2.28. The lowest BCUT2D eigenvalue weighted by atomic mass is 9.69. The lowest BCUT2D eigenvalue weighted by Gasteiger charge is -2.36. The van der Waals surface area contributed by atoms with E-state index in [0.717, 1.165) is 31.2 Å². The first-order valence-corrected chi connectivity index (χ1v) is 14.1. The molecule has 0 aliphatic heterocycles. The topological polar surface area (TPSA) is 92.8 Å². The van der Waals surface area contributed by atoms with E-state index in [1.54, 1.807) is 28.0 Å². The Morgan fingerprint density at radius 1 is 1.39 bits per heavy atom. The summed E-state index contributed by atoms with van der Waals surface area (Å²) in [7, 11) is 1.83. The zero-order valence-electron chi connectivity index (χ0n) is 20.9. The number of fused-ring (bicyclic) bond motifs is 1. The van der Waals surface area contributed by atoms with Gasteiger partial charge in [0.05, 0.1) is 16.3 Å². The summed E-state index contributed by atoms with van der Waals surface area (Å²) in [5.41, 5.74) is 2.01. The molecule has 36 heavy (non-hydrogen) atoms. The number of anilines is 1. The van der Waals surface area contributed by atoms with Crippen molar-refractivity contribution in [3.63, 3.8) is 0 Å². The number of para-hydroxylation sites is 1. The minimum absolute atomic E-state index is 0.163. The summed E-state index contributed by atoms with van der Waals surface area (Å²) >= 11 is 8.99. The van der Waals surface area contributed by atoms with Gasteiger partial charge < -0.3 is 14.6 Å². The Labute approximate surface area is 225 Å². The van der Waals surface area contributed by atoms with Gasteiger partial charge in [-0.15, -0.1) is 21.5 Å². The Kier molecular flexibility index (Phi) is 8.28. The van der Waals surface area contributed by atoms with Gasteiger partial charge in [0.2, 0.25) is 5.91 Å². The number of nitrogens with one attached hydrogen (secondary N) is 1. The van der Waals surface area contributed by atoms with Crippen LogP contribution in [0, 0.1) is 22.7 Å². The van der Waals surface area contributed by atoms with E-state index in [4.69, 9.17) is 16.3 Å². The first-order chi connectivity index (χ1) is 17.2. The molecule has 4 rings (SSSR count). The molecule has 190 valence electrons. The molecule has 1 unspecified atom stereocenters. The van der Waals surface area contributed by atoms with Gasteiger partial charge in [-0.25, -0.2) is 0 Å². The van der Waals surface area contributed by atoms with Crippen molar-refractivity contribution in [1.82, 2.24) is 14.8 Å². The average Bonchev–Trinajstić information content (AvgIpc) is 3.40. The summed E-state index contributed by atoms with van der Waals surface area (Å²) in [6.45, 7) is 7.09. The van der Waals surface area contributed by atoms with Crippen molar-refractivity contribution in [2.45, 2.75) is 58.2 Å². The third-order valence-electron chi connectivity index (χ3n) is 7.10. The highest BCUT2D eigenvalue weighted by Gasteiger charge is 2.34. The van der Waals surface area contributed by atoms with E-state index in [1.807, 2.05) is 19.2 Å². The molecule has 0 fully saturated rings. The van der Waals surface area contributed by atoms with Gasteiger partial charge in [0, 0.05) is 11.9 Å². The number of amides is 1. The number of carbonyl (C=O) groups is 1. The minimum Gasteiger partial charge on any atom is -0.484 e. The third-order valence-corrected chi connectivity index (χ3v) is 9.60. The SMILES string of the molecule is CCC(C)(C)C1CCc2c(sc(NC(=O)CSc3nnc(COc4ccccc4Cl)n3C)c2C#N)C1. The maximum Gasteiger partial charge on any atom is 0.235 e. The maximum absolute atomic E-state index is 12.8. The van der Waals surface area contributed by atoms with Crippen molar-refractivity contribution in [3.8, 4) is 11.8 Å². The zero-order valence-corrected chi connectivity index (χ0v) is 23.3. The van der Waals surface area contributed by atoms with E-state index in [1.165, 1.54) is 16.6 Å². The van der Waals surface area contributed by atoms with E-state index >= 15 is 0 Å². The molecule has 0 saturated heterocycles. The number of hydrogen-bond donors (Lipinski definition) is 1. The average molecular weight is 544 g/mol. The summed E-state index contributed by atoms with van der Waals surface area (Å²) in [5, 5.41) is 22.9. The molecule has 0 radical (unpaired) electrons.